The second-order valence-corrected chi connectivity index (χ2v) is 7.39. The highest BCUT2D eigenvalue weighted by Crippen LogP contribution is 2.36. The van der Waals surface area contributed by atoms with Crippen LogP contribution < -0.4 is 15.0 Å². The smallest absolute Gasteiger partial charge is 0.311 e. The van der Waals surface area contributed by atoms with Gasteiger partial charge in [-0.2, -0.15) is 0 Å². The Bertz CT molecular complexity index is 727. The Morgan fingerprint density at radius 2 is 1.96 bits per heavy atom. The molecule has 1 fully saturated rings. The number of hydrogen-bond donors (Lipinski definition) is 2. The van der Waals surface area contributed by atoms with Gasteiger partial charge in [0, 0.05) is 19.5 Å². The van der Waals surface area contributed by atoms with Gasteiger partial charge in [-0.3, -0.25) is 14.4 Å². The van der Waals surface area contributed by atoms with Crippen molar-refractivity contribution in [3.8, 4) is 5.75 Å². The van der Waals surface area contributed by atoms with Crippen LogP contribution in [0, 0.1) is 5.41 Å². The van der Waals surface area contributed by atoms with E-state index in [9.17, 15) is 19.5 Å². The number of fused-ring (bicyclic) bond motifs is 1. The van der Waals surface area contributed by atoms with Crippen molar-refractivity contribution in [1.29, 1.82) is 0 Å². The molecular formula is C20H26N2O5. The van der Waals surface area contributed by atoms with Crippen molar-refractivity contribution in [2.24, 2.45) is 5.41 Å². The molecule has 0 aromatic heterocycles. The van der Waals surface area contributed by atoms with E-state index in [2.05, 4.69) is 5.32 Å². The van der Waals surface area contributed by atoms with Crippen LogP contribution in [0.3, 0.4) is 0 Å². The van der Waals surface area contributed by atoms with E-state index in [1.165, 1.54) is 0 Å². The third-order valence-corrected chi connectivity index (χ3v) is 5.52. The van der Waals surface area contributed by atoms with Crippen LogP contribution in [0.1, 0.15) is 45.4 Å². The van der Waals surface area contributed by atoms with Gasteiger partial charge in [0.15, 0.2) is 6.10 Å². The van der Waals surface area contributed by atoms with Gasteiger partial charge in [0.2, 0.25) is 5.91 Å². The number of amides is 2. The summed E-state index contributed by atoms with van der Waals surface area (Å²) >= 11 is 0. The molecule has 1 atom stereocenters. The maximum absolute atomic E-state index is 12.4. The number of hydrogen-bond acceptors (Lipinski definition) is 4. The summed E-state index contributed by atoms with van der Waals surface area (Å²) in [6.45, 7) is 2.06. The van der Waals surface area contributed by atoms with Crippen molar-refractivity contribution in [1.82, 2.24) is 5.32 Å². The summed E-state index contributed by atoms with van der Waals surface area (Å²) in [7, 11) is 0. The molecule has 7 heteroatoms. The lowest BCUT2D eigenvalue weighted by Gasteiger charge is -2.34. The van der Waals surface area contributed by atoms with Crippen LogP contribution in [0.2, 0.25) is 0 Å². The fourth-order valence-corrected chi connectivity index (χ4v) is 3.85. The number of benzene rings is 1. The molecule has 1 saturated carbocycles. The fourth-order valence-electron chi connectivity index (χ4n) is 3.85. The number of para-hydroxylation sites is 2. The molecule has 0 bridgehead atoms. The summed E-state index contributed by atoms with van der Waals surface area (Å²) in [5.41, 5.74) is -0.202. The molecule has 146 valence electrons. The van der Waals surface area contributed by atoms with Crippen molar-refractivity contribution in [3.63, 3.8) is 0 Å². The molecule has 3 rings (SSSR count). The van der Waals surface area contributed by atoms with Crippen molar-refractivity contribution in [3.05, 3.63) is 24.3 Å². The molecule has 7 nitrogen and oxygen atoms in total. The quantitative estimate of drug-likeness (QED) is 0.797. The van der Waals surface area contributed by atoms with Crippen molar-refractivity contribution >= 4 is 23.5 Å². The molecule has 1 aliphatic heterocycles. The van der Waals surface area contributed by atoms with Crippen LogP contribution in [0.5, 0.6) is 5.75 Å². The normalized spacial score (nSPS) is 21.1. The van der Waals surface area contributed by atoms with Crippen LogP contribution in [0.15, 0.2) is 24.3 Å². The van der Waals surface area contributed by atoms with E-state index < -0.39 is 17.5 Å². The number of aliphatic carboxylic acids is 1. The van der Waals surface area contributed by atoms with E-state index >= 15 is 0 Å². The van der Waals surface area contributed by atoms with Crippen LogP contribution >= 0.6 is 0 Å². The molecule has 1 aliphatic carbocycles. The standard InChI is InChI=1S/C20H26N2O5/c1-14-18(24)22(15-7-3-4-8-16(15)27-14)12-9-17(23)21-13-20(19(25)26)10-5-2-6-11-20/h3-4,7-8,14H,2,5-6,9-13H2,1H3,(H,21,23)(H,25,26). The van der Waals surface area contributed by atoms with Gasteiger partial charge in [-0.25, -0.2) is 0 Å². The maximum Gasteiger partial charge on any atom is 0.311 e. The zero-order valence-corrected chi connectivity index (χ0v) is 15.6. The van der Waals surface area contributed by atoms with E-state index in [-0.39, 0.29) is 31.3 Å². The second kappa shape index (κ2) is 7.98. The third-order valence-electron chi connectivity index (χ3n) is 5.52. The highest BCUT2D eigenvalue weighted by molar-refractivity contribution is 6.00. The number of nitrogens with zero attached hydrogens (tertiary/aromatic N) is 1. The molecule has 1 heterocycles. The summed E-state index contributed by atoms with van der Waals surface area (Å²) in [5, 5.41) is 12.4. The predicted molar refractivity (Wildman–Crippen MR) is 99.7 cm³/mol. The van der Waals surface area contributed by atoms with Gasteiger partial charge < -0.3 is 20.1 Å². The number of ether oxygens (including phenoxy) is 1. The molecule has 1 unspecified atom stereocenters. The summed E-state index contributed by atoms with van der Waals surface area (Å²) in [6.07, 6.45) is 3.49. The first-order chi connectivity index (χ1) is 12.9. The number of carbonyl (C=O) groups is 3. The van der Waals surface area contributed by atoms with E-state index in [0.29, 0.717) is 24.3 Å². The van der Waals surface area contributed by atoms with E-state index in [4.69, 9.17) is 4.74 Å². The molecule has 2 amide bonds. The van der Waals surface area contributed by atoms with Crippen molar-refractivity contribution < 1.29 is 24.2 Å². The van der Waals surface area contributed by atoms with Gasteiger partial charge >= 0.3 is 5.97 Å². The SMILES string of the molecule is CC1Oc2ccccc2N(CCC(=O)NCC2(C(=O)O)CCCCC2)C1=O. The Balaban J connectivity index is 1.59. The summed E-state index contributed by atoms with van der Waals surface area (Å²) < 4.78 is 5.59. The average molecular weight is 374 g/mol. The summed E-state index contributed by atoms with van der Waals surface area (Å²) in [4.78, 5) is 38.0. The monoisotopic (exact) mass is 374 g/mol. The topological polar surface area (TPSA) is 95.9 Å². The average Bonchev–Trinajstić information content (AvgIpc) is 2.67. The molecule has 1 aromatic rings. The van der Waals surface area contributed by atoms with Crippen LogP contribution in [0.4, 0.5) is 5.69 Å². The molecule has 2 aliphatic rings. The first-order valence-corrected chi connectivity index (χ1v) is 9.50. The second-order valence-electron chi connectivity index (χ2n) is 7.39. The Hall–Kier alpha value is -2.57. The van der Waals surface area contributed by atoms with Gasteiger partial charge in [-0.05, 0) is 31.9 Å². The molecule has 0 spiro atoms. The minimum Gasteiger partial charge on any atom is -0.481 e. The Labute approximate surface area is 158 Å². The number of carbonyl (C=O) groups excluding carboxylic acids is 2. The molecule has 1 aromatic carbocycles. The van der Waals surface area contributed by atoms with Gasteiger partial charge in [0.05, 0.1) is 11.1 Å². The predicted octanol–water partition coefficient (Wildman–Crippen LogP) is 2.34. The van der Waals surface area contributed by atoms with Gasteiger partial charge in [-0.15, -0.1) is 0 Å². The highest BCUT2D eigenvalue weighted by Gasteiger charge is 2.40. The lowest BCUT2D eigenvalue weighted by atomic mass is 9.74. The van der Waals surface area contributed by atoms with Crippen LogP contribution in [0.25, 0.3) is 0 Å². The van der Waals surface area contributed by atoms with Gasteiger partial charge in [-0.1, -0.05) is 31.4 Å². The zero-order valence-electron chi connectivity index (χ0n) is 15.6. The molecular weight excluding hydrogens is 348 g/mol. The van der Waals surface area contributed by atoms with Gasteiger partial charge in [0.1, 0.15) is 5.75 Å². The van der Waals surface area contributed by atoms with E-state index in [1.807, 2.05) is 12.1 Å². The van der Waals surface area contributed by atoms with Crippen LogP contribution in [-0.4, -0.2) is 42.1 Å². The minimum atomic E-state index is -0.857. The van der Waals surface area contributed by atoms with Crippen LogP contribution in [-0.2, 0) is 14.4 Å². The molecule has 0 radical (unpaired) electrons. The lowest BCUT2D eigenvalue weighted by molar-refractivity contribution is -0.151. The van der Waals surface area contributed by atoms with E-state index in [1.54, 1.807) is 24.0 Å². The lowest BCUT2D eigenvalue weighted by Crippen LogP contribution is -2.47. The summed E-state index contributed by atoms with van der Waals surface area (Å²) in [5.74, 6) is -0.646. The highest BCUT2D eigenvalue weighted by atomic mass is 16.5. The first kappa shape index (κ1) is 19.2. The van der Waals surface area contributed by atoms with E-state index in [0.717, 1.165) is 19.3 Å². The Morgan fingerprint density at radius 1 is 1.26 bits per heavy atom. The maximum atomic E-state index is 12.4. The van der Waals surface area contributed by atoms with Crippen molar-refractivity contribution in [2.75, 3.05) is 18.0 Å². The number of carboxylic acids is 1. The summed E-state index contributed by atoms with van der Waals surface area (Å²) in [6, 6.07) is 7.24. The number of carboxylic acid groups (broad SMARTS) is 1. The first-order valence-electron chi connectivity index (χ1n) is 9.50. The molecule has 0 saturated heterocycles. The number of anilines is 1. The number of nitrogens with one attached hydrogen (secondary N) is 1. The number of rotatable bonds is 6. The Morgan fingerprint density at radius 3 is 2.67 bits per heavy atom. The zero-order chi connectivity index (χ0) is 19.4. The molecule has 2 N–H and O–H groups in total. The third kappa shape index (κ3) is 4.07. The van der Waals surface area contributed by atoms with Crippen molar-refractivity contribution in [2.45, 2.75) is 51.6 Å². The van der Waals surface area contributed by atoms with Gasteiger partial charge in [0.25, 0.3) is 5.91 Å². The minimum absolute atomic E-state index is 0.114. The fraction of sp³-hybridized carbons (Fsp3) is 0.550. The largest absolute Gasteiger partial charge is 0.481 e. The Kier molecular flexibility index (Phi) is 5.68. The molecule has 27 heavy (non-hydrogen) atoms.